The molecule has 0 radical (unpaired) electrons. The molecule has 0 aliphatic carbocycles. The fourth-order valence-corrected chi connectivity index (χ4v) is 8.73. The van der Waals surface area contributed by atoms with E-state index in [1.54, 1.807) is 0 Å². The number of carbonyl (C=O) groups excluding carboxylic acids is 1. The van der Waals surface area contributed by atoms with E-state index in [0.29, 0.717) is 19.0 Å². The van der Waals surface area contributed by atoms with Crippen molar-refractivity contribution in [3.8, 4) is 0 Å². The summed E-state index contributed by atoms with van der Waals surface area (Å²) < 4.78 is 23.0. The maximum absolute atomic E-state index is 13.5. The van der Waals surface area contributed by atoms with E-state index >= 15 is 0 Å². The number of nitrogens with one attached hydrogen (secondary N) is 1. The van der Waals surface area contributed by atoms with Gasteiger partial charge in [0.15, 0.2) is 0 Å². The number of amides is 1. The highest BCUT2D eigenvalue weighted by Gasteiger charge is 2.28. The predicted octanol–water partition coefficient (Wildman–Crippen LogP) is 5.99. The smallest absolute Gasteiger partial charge is 0.407 e. The van der Waals surface area contributed by atoms with Gasteiger partial charge >= 0.3 is 6.09 Å². The van der Waals surface area contributed by atoms with Gasteiger partial charge < -0.3 is 19.9 Å². The highest BCUT2D eigenvalue weighted by atomic mass is 32.2. The highest BCUT2D eigenvalue weighted by molar-refractivity contribution is 7.82. The SMILES string of the molecule is Cc1nn(C)c2cc(C3CCN(CC4CCN(c5cccc(S(=O)N6CCC(NC(=O)OC(C)(C)C)CC6)c5)CC4)CC3)ccc12. The van der Waals surface area contributed by atoms with Crippen LogP contribution >= 0.6 is 0 Å². The van der Waals surface area contributed by atoms with Gasteiger partial charge in [0.1, 0.15) is 16.6 Å². The zero-order chi connectivity index (χ0) is 32.4. The number of alkyl carbamates (subject to hydrolysis) is 1. The molecule has 1 atom stereocenters. The normalized spacial score (nSPS) is 20.7. The van der Waals surface area contributed by atoms with Gasteiger partial charge in [-0.15, -0.1) is 0 Å². The number of benzene rings is 2. The van der Waals surface area contributed by atoms with Crippen molar-refractivity contribution in [2.45, 2.75) is 88.7 Å². The van der Waals surface area contributed by atoms with E-state index in [1.165, 1.54) is 67.5 Å². The monoisotopic (exact) mass is 648 g/mol. The lowest BCUT2D eigenvalue weighted by Crippen LogP contribution is -2.46. The van der Waals surface area contributed by atoms with E-state index in [2.05, 4.69) is 57.5 Å². The number of rotatable bonds is 7. The zero-order valence-electron chi connectivity index (χ0n) is 28.3. The molecule has 3 fully saturated rings. The Balaban J connectivity index is 0.942. The van der Waals surface area contributed by atoms with Crippen molar-refractivity contribution in [1.29, 1.82) is 0 Å². The van der Waals surface area contributed by atoms with Gasteiger partial charge in [-0.3, -0.25) is 4.68 Å². The second-order valence-electron chi connectivity index (χ2n) is 14.6. The molecule has 2 aromatic carbocycles. The molecule has 0 saturated carbocycles. The molecule has 3 saturated heterocycles. The fraction of sp³-hybridized carbons (Fsp3) is 0.611. The van der Waals surface area contributed by atoms with Gasteiger partial charge in [0.2, 0.25) is 0 Å². The number of aromatic nitrogens is 2. The van der Waals surface area contributed by atoms with Crippen LogP contribution in [0.5, 0.6) is 0 Å². The van der Waals surface area contributed by atoms with E-state index in [0.717, 1.165) is 42.4 Å². The Morgan fingerprint density at radius 2 is 1.67 bits per heavy atom. The maximum atomic E-state index is 13.5. The van der Waals surface area contributed by atoms with Crippen LogP contribution in [0.15, 0.2) is 47.4 Å². The van der Waals surface area contributed by atoms with Crippen LogP contribution in [0.2, 0.25) is 0 Å². The first kappa shape index (κ1) is 33.0. The maximum Gasteiger partial charge on any atom is 0.407 e. The number of ether oxygens (including phenoxy) is 1. The third kappa shape index (κ3) is 7.94. The minimum absolute atomic E-state index is 0.0497. The summed E-state index contributed by atoms with van der Waals surface area (Å²) in [7, 11) is 0.834. The molecule has 1 amide bonds. The third-order valence-electron chi connectivity index (χ3n) is 10.0. The van der Waals surface area contributed by atoms with Crippen molar-refractivity contribution in [2.75, 3.05) is 50.7 Å². The average molecular weight is 649 g/mol. The van der Waals surface area contributed by atoms with Gasteiger partial charge in [-0.2, -0.15) is 5.10 Å². The summed E-state index contributed by atoms with van der Waals surface area (Å²) in [6.45, 7) is 14.7. The minimum Gasteiger partial charge on any atom is -0.444 e. The molecule has 0 bridgehead atoms. The van der Waals surface area contributed by atoms with Crippen LogP contribution in [0.25, 0.3) is 10.9 Å². The Hall–Kier alpha value is -2.95. The number of nitrogens with zero attached hydrogens (tertiary/aromatic N) is 5. The number of hydrogen-bond donors (Lipinski definition) is 1. The molecule has 1 aromatic heterocycles. The first-order valence-electron chi connectivity index (χ1n) is 17.2. The van der Waals surface area contributed by atoms with E-state index in [-0.39, 0.29) is 12.1 Å². The van der Waals surface area contributed by atoms with Crippen LogP contribution in [-0.4, -0.2) is 86.7 Å². The van der Waals surface area contributed by atoms with E-state index in [1.807, 2.05) is 48.9 Å². The molecule has 250 valence electrons. The van der Waals surface area contributed by atoms with Crippen LogP contribution in [0.3, 0.4) is 0 Å². The van der Waals surface area contributed by atoms with Crippen LogP contribution in [0.1, 0.15) is 76.5 Å². The van der Waals surface area contributed by atoms with Gasteiger partial charge in [-0.25, -0.2) is 13.3 Å². The second-order valence-corrected chi connectivity index (χ2v) is 16.1. The molecule has 3 aliphatic rings. The first-order chi connectivity index (χ1) is 22.0. The standard InChI is InChI=1S/C36H52N6O3S/c1-26-33-10-9-29(23-34(33)39(5)38-26)28-13-17-40(18-14-28)25-27-11-19-41(20-12-27)31-7-6-8-32(24-31)46(44)42-21-15-30(16-22-42)37-35(43)45-36(2,3)4/h6-10,23-24,27-28,30H,11-22,25H2,1-5H3,(H,37,43). The fourth-order valence-electron chi connectivity index (χ4n) is 7.47. The molecule has 9 nitrogen and oxygen atoms in total. The van der Waals surface area contributed by atoms with Crippen LogP contribution < -0.4 is 10.2 Å². The number of likely N-dealkylation sites (tertiary alicyclic amines) is 1. The Kier molecular flexibility index (Phi) is 10.1. The van der Waals surface area contributed by atoms with Gasteiger partial charge in [-0.05, 0) is 121 Å². The summed E-state index contributed by atoms with van der Waals surface area (Å²) in [5.74, 6) is 1.37. The third-order valence-corrected chi connectivity index (χ3v) is 11.5. The number of anilines is 1. The number of piperidine rings is 3. The number of fused-ring (bicyclic) bond motifs is 1. The predicted molar refractivity (Wildman–Crippen MR) is 186 cm³/mol. The Labute approximate surface area is 277 Å². The number of carbonyl (C=O) groups is 1. The summed E-state index contributed by atoms with van der Waals surface area (Å²) in [5, 5.41) is 8.84. The van der Waals surface area contributed by atoms with E-state index in [9.17, 15) is 9.00 Å². The van der Waals surface area contributed by atoms with E-state index in [4.69, 9.17) is 4.74 Å². The molecular weight excluding hydrogens is 597 g/mol. The summed E-state index contributed by atoms with van der Waals surface area (Å²) in [6, 6.07) is 15.3. The van der Waals surface area contributed by atoms with Crippen molar-refractivity contribution >= 4 is 33.7 Å². The zero-order valence-corrected chi connectivity index (χ0v) is 29.2. The van der Waals surface area contributed by atoms with Gasteiger partial charge in [0.25, 0.3) is 0 Å². The van der Waals surface area contributed by atoms with Gasteiger partial charge in [0.05, 0.1) is 16.1 Å². The molecule has 3 aromatic rings. The van der Waals surface area contributed by atoms with Crippen molar-refractivity contribution in [1.82, 2.24) is 24.3 Å². The lowest BCUT2D eigenvalue weighted by Gasteiger charge is -2.38. The molecule has 1 unspecified atom stereocenters. The lowest BCUT2D eigenvalue weighted by atomic mass is 9.88. The summed E-state index contributed by atoms with van der Waals surface area (Å²) >= 11 is 0. The van der Waals surface area contributed by atoms with Crippen LogP contribution in [0.4, 0.5) is 10.5 Å². The second kappa shape index (κ2) is 14.0. The van der Waals surface area contributed by atoms with E-state index < -0.39 is 16.6 Å². The van der Waals surface area contributed by atoms with Gasteiger partial charge in [0, 0.05) is 56.9 Å². The average Bonchev–Trinajstić information content (AvgIpc) is 3.33. The van der Waals surface area contributed by atoms with Crippen molar-refractivity contribution in [2.24, 2.45) is 13.0 Å². The number of aryl methyl sites for hydroxylation is 2. The van der Waals surface area contributed by atoms with Crippen molar-refractivity contribution in [3.05, 3.63) is 53.7 Å². The van der Waals surface area contributed by atoms with Crippen LogP contribution in [0, 0.1) is 12.8 Å². The quantitative estimate of drug-likeness (QED) is 0.339. The Bertz CT molecular complexity index is 1530. The van der Waals surface area contributed by atoms with Crippen molar-refractivity contribution in [3.63, 3.8) is 0 Å². The Morgan fingerprint density at radius 1 is 0.957 bits per heavy atom. The summed E-state index contributed by atoms with van der Waals surface area (Å²) in [5.41, 5.74) is 4.48. The van der Waals surface area contributed by atoms with Gasteiger partial charge in [-0.1, -0.05) is 18.2 Å². The largest absolute Gasteiger partial charge is 0.444 e. The van der Waals surface area contributed by atoms with Crippen molar-refractivity contribution < 1.29 is 13.7 Å². The van der Waals surface area contributed by atoms with Crippen LogP contribution in [-0.2, 0) is 22.8 Å². The number of hydrogen-bond acceptors (Lipinski definition) is 6. The molecule has 1 N–H and O–H groups in total. The molecule has 46 heavy (non-hydrogen) atoms. The Morgan fingerprint density at radius 3 is 2.37 bits per heavy atom. The molecule has 4 heterocycles. The topological polar surface area (TPSA) is 82.9 Å². The summed E-state index contributed by atoms with van der Waals surface area (Å²) in [4.78, 5) is 18.2. The molecule has 6 rings (SSSR count). The molecule has 0 spiro atoms. The molecule has 3 aliphatic heterocycles. The summed E-state index contributed by atoms with van der Waals surface area (Å²) in [6.07, 6.45) is 5.99. The molecular formula is C36H52N6O3S. The minimum atomic E-state index is -1.21. The lowest BCUT2D eigenvalue weighted by molar-refractivity contribution is 0.0490. The highest BCUT2D eigenvalue weighted by Crippen LogP contribution is 2.32. The molecule has 10 heteroatoms. The first-order valence-corrected chi connectivity index (χ1v) is 18.3.